The maximum atomic E-state index is 12.9. The van der Waals surface area contributed by atoms with Crippen LogP contribution in [0.3, 0.4) is 0 Å². The fourth-order valence-corrected chi connectivity index (χ4v) is 5.25. The van der Waals surface area contributed by atoms with E-state index < -0.39 is 4.92 Å². The minimum Gasteiger partial charge on any atom is -0.456 e. The van der Waals surface area contributed by atoms with E-state index >= 15 is 0 Å². The summed E-state index contributed by atoms with van der Waals surface area (Å²) in [5.41, 5.74) is 0.191. The number of halogens is 1. The molecule has 6 nitrogen and oxygen atoms in total. The van der Waals surface area contributed by atoms with Gasteiger partial charge in [0.1, 0.15) is 15.8 Å². The highest BCUT2D eigenvalue weighted by molar-refractivity contribution is 8.26. The molecular formula is C20H17ClN2O4S2. The molecule has 1 aliphatic carbocycles. The summed E-state index contributed by atoms with van der Waals surface area (Å²) >= 11 is 12.6. The van der Waals surface area contributed by atoms with Crippen LogP contribution in [0.1, 0.15) is 37.9 Å². The van der Waals surface area contributed by atoms with Crippen molar-refractivity contribution in [3.63, 3.8) is 0 Å². The maximum absolute atomic E-state index is 12.9. The number of amides is 1. The Balaban J connectivity index is 1.59. The van der Waals surface area contributed by atoms with Crippen molar-refractivity contribution in [1.82, 2.24) is 4.90 Å². The first-order valence-corrected chi connectivity index (χ1v) is 10.9. The van der Waals surface area contributed by atoms with Gasteiger partial charge in [0.15, 0.2) is 0 Å². The fraction of sp³-hybridized carbons (Fsp3) is 0.300. The van der Waals surface area contributed by atoms with E-state index in [0.29, 0.717) is 26.3 Å². The Hall–Kier alpha value is -2.16. The Morgan fingerprint density at radius 3 is 2.72 bits per heavy atom. The molecule has 1 aromatic carbocycles. The minimum absolute atomic E-state index is 0.0951. The Morgan fingerprint density at radius 1 is 1.24 bits per heavy atom. The van der Waals surface area contributed by atoms with E-state index in [1.165, 1.54) is 24.2 Å². The van der Waals surface area contributed by atoms with Gasteiger partial charge in [0.05, 0.1) is 15.4 Å². The van der Waals surface area contributed by atoms with Crippen molar-refractivity contribution in [3.8, 4) is 11.3 Å². The van der Waals surface area contributed by atoms with Crippen LogP contribution in [0.4, 0.5) is 5.69 Å². The minimum atomic E-state index is -0.501. The quantitative estimate of drug-likeness (QED) is 0.245. The number of nitro benzene ring substituents is 1. The van der Waals surface area contributed by atoms with Crippen molar-refractivity contribution in [1.29, 1.82) is 0 Å². The van der Waals surface area contributed by atoms with Gasteiger partial charge in [-0.3, -0.25) is 19.8 Å². The van der Waals surface area contributed by atoms with Crippen LogP contribution in [0.25, 0.3) is 17.4 Å². The number of hydrogen-bond donors (Lipinski definition) is 0. The molecule has 1 aliphatic heterocycles. The first-order valence-electron chi connectivity index (χ1n) is 9.25. The topological polar surface area (TPSA) is 76.6 Å². The van der Waals surface area contributed by atoms with Gasteiger partial charge < -0.3 is 4.42 Å². The van der Waals surface area contributed by atoms with E-state index in [0.717, 1.165) is 25.7 Å². The summed E-state index contributed by atoms with van der Waals surface area (Å²) in [5.74, 6) is 0.679. The average Bonchev–Trinajstić information content (AvgIpc) is 3.27. The molecule has 0 N–H and O–H groups in total. The zero-order valence-electron chi connectivity index (χ0n) is 15.3. The van der Waals surface area contributed by atoms with Crippen LogP contribution < -0.4 is 0 Å². The molecule has 0 radical (unpaired) electrons. The van der Waals surface area contributed by atoms with E-state index in [1.807, 2.05) is 0 Å². The third-order valence-corrected chi connectivity index (χ3v) is 6.65. The first kappa shape index (κ1) is 20.1. The van der Waals surface area contributed by atoms with E-state index in [4.69, 9.17) is 28.2 Å². The summed E-state index contributed by atoms with van der Waals surface area (Å²) in [7, 11) is 0. The molecular weight excluding hydrogens is 432 g/mol. The number of furan rings is 1. The Labute approximate surface area is 182 Å². The summed E-state index contributed by atoms with van der Waals surface area (Å²) in [5, 5.41) is 11.6. The number of nitrogens with zero attached hydrogens (tertiary/aromatic N) is 2. The average molecular weight is 449 g/mol. The molecule has 1 saturated carbocycles. The molecule has 4 rings (SSSR count). The van der Waals surface area contributed by atoms with E-state index in [2.05, 4.69) is 0 Å². The molecule has 2 aromatic rings. The lowest BCUT2D eigenvalue weighted by molar-refractivity contribution is -0.384. The Kier molecular flexibility index (Phi) is 5.76. The van der Waals surface area contributed by atoms with Crippen molar-refractivity contribution < 1.29 is 14.1 Å². The molecule has 0 unspecified atom stereocenters. The lowest BCUT2D eigenvalue weighted by Gasteiger charge is -2.29. The molecule has 1 saturated heterocycles. The first-order chi connectivity index (χ1) is 13.9. The summed E-state index contributed by atoms with van der Waals surface area (Å²) < 4.78 is 6.35. The molecule has 2 heterocycles. The third kappa shape index (κ3) is 4.10. The molecule has 1 aromatic heterocycles. The summed E-state index contributed by atoms with van der Waals surface area (Å²) in [6.45, 7) is 0. The molecule has 0 atom stereocenters. The molecule has 9 heteroatoms. The van der Waals surface area contributed by atoms with Crippen molar-refractivity contribution >= 4 is 57.6 Å². The highest BCUT2D eigenvalue weighted by Crippen LogP contribution is 2.38. The van der Waals surface area contributed by atoms with Crippen molar-refractivity contribution in [2.45, 2.75) is 38.1 Å². The number of benzene rings is 1. The van der Waals surface area contributed by atoms with Crippen LogP contribution in [0.15, 0.2) is 39.7 Å². The smallest absolute Gasteiger partial charge is 0.281 e. The van der Waals surface area contributed by atoms with Crippen molar-refractivity contribution in [3.05, 3.63) is 56.1 Å². The number of rotatable bonds is 4. The predicted molar refractivity (Wildman–Crippen MR) is 118 cm³/mol. The summed E-state index contributed by atoms with van der Waals surface area (Å²) in [4.78, 5) is 25.9. The molecule has 150 valence electrons. The number of carbonyl (C=O) groups excluding carboxylic acids is 1. The van der Waals surface area contributed by atoms with Gasteiger partial charge in [-0.2, -0.15) is 0 Å². The highest BCUT2D eigenvalue weighted by Gasteiger charge is 2.37. The summed E-state index contributed by atoms with van der Waals surface area (Å²) in [6.07, 6.45) is 7.03. The van der Waals surface area contributed by atoms with Crippen LogP contribution in [-0.2, 0) is 4.79 Å². The van der Waals surface area contributed by atoms with Crippen LogP contribution in [0, 0.1) is 10.1 Å². The van der Waals surface area contributed by atoms with E-state index in [1.54, 1.807) is 35.2 Å². The van der Waals surface area contributed by atoms with Gasteiger partial charge in [-0.25, -0.2) is 0 Å². The predicted octanol–water partition coefficient (Wildman–Crippen LogP) is 6.04. The zero-order valence-corrected chi connectivity index (χ0v) is 17.7. The van der Waals surface area contributed by atoms with E-state index in [-0.39, 0.29) is 22.7 Å². The van der Waals surface area contributed by atoms with Gasteiger partial charge in [0.2, 0.25) is 0 Å². The number of thiocarbonyl (C=S) groups is 1. The monoisotopic (exact) mass is 448 g/mol. The zero-order chi connectivity index (χ0) is 20.5. The number of thioether (sulfide) groups is 1. The lowest BCUT2D eigenvalue weighted by Crippen LogP contribution is -2.39. The van der Waals surface area contributed by atoms with Crippen LogP contribution in [-0.4, -0.2) is 26.1 Å². The standard InChI is InChI=1S/C20H17ClN2O4S2/c21-12-6-8-15(16(10-12)23(25)26)17-9-7-14(27-17)11-18-19(24)22(20(28)29-18)13-4-2-1-3-5-13/h6-11,13H,1-5H2/b18-11-. The van der Waals surface area contributed by atoms with Gasteiger partial charge in [0.25, 0.3) is 11.6 Å². The lowest BCUT2D eigenvalue weighted by atomic mass is 9.94. The third-order valence-electron chi connectivity index (χ3n) is 5.09. The molecule has 2 aliphatic rings. The van der Waals surface area contributed by atoms with Crippen molar-refractivity contribution in [2.24, 2.45) is 0 Å². The molecule has 1 amide bonds. The van der Waals surface area contributed by atoms with E-state index in [9.17, 15) is 14.9 Å². The SMILES string of the molecule is O=C1/C(=C/c2ccc(-c3ccc(Cl)cc3[N+](=O)[O-])o2)SC(=S)N1C1CCCCC1. The van der Waals surface area contributed by atoms with Gasteiger partial charge in [0, 0.05) is 23.2 Å². The van der Waals surface area contributed by atoms with Crippen LogP contribution in [0.2, 0.25) is 5.02 Å². The number of carbonyl (C=O) groups is 1. The van der Waals surface area contributed by atoms with Crippen LogP contribution >= 0.6 is 35.6 Å². The molecule has 0 spiro atoms. The van der Waals surface area contributed by atoms with Gasteiger partial charge in [-0.15, -0.1) is 0 Å². The normalized spacial score (nSPS) is 19.3. The number of nitro groups is 1. The Bertz CT molecular complexity index is 1030. The Morgan fingerprint density at radius 2 is 2.00 bits per heavy atom. The summed E-state index contributed by atoms with van der Waals surface area (Å²) in [6, 6.07) is 7.90. The van der Waals surface area contributed by atoms with Gasteiger partial charge in [-0.05, 0) is 37.1 Å². The maximum Gasteiger partial charge on any atom is 0.281 e. The van der Waals surface area contributed by atoms with Gasteiger partial charge >= 0.3 is 0 Å². The second-order valence-electron chi connectivity index (χ2n) is 6.96. The highest BCUT2D eigenvalue weighted by atomic mass is 35.5. The largest absolute Gasteiger partial charge is 0.456 e. The molecule has 0 bridgehead atoms. The second kappa shape index (κ2) is 8.30. The van der Waals surface area contributed by atoms with Crippen LogP contribution in [0.5, 0.6) is 0 Å². The fourth-order valence-electron chi connectivity index (χ4n) is 3.70. The van der Waals surface area contributed by atoms with Crippen molar-refractivity contribution in [2.75, 3.05) is 0 Å². The van der Waals surface area contributed by atoms with Gasteiger partial charge in [-0.1, -0.05) is 54.8 Å². The molecule has 2 fully saturated rings. The molecule has 29 heavy (non-hydrogen) atoms. The number of hydrogen-bond acceptors (Lipinski definition) is 6. The second-order valence-corrected chi connectivity index (χ2v) is 9.08.